The summed E-state index contributed by atoms with van der Waals surface area (Å²) in [7, 11) is 0. The maximum Gasteiger partial charge on any atom is 0.251 e. The summed E-state index contributed by atoms with van der Waals surface area (Å²) >= 11 is 0. The van der Waals surface area contributed by atoms with Gasteiger partial charge in [0.15, 0.2) is 5.82 Å². The van der Waals surface area contributed by atoms with Gasteiger partial charge in [0, 0.05) is 56.0 Å². The van der Waals surface area contributed by atoms with E-state index in [9.17, 15) is 14.0 Å². The summed E-state index contributed by atoms with van der Waals surface area (Å²) in [5, 5.41) is 12.9. The van der Waals surface area contributed by atoms with Gasteiger partial charge >= 0.3 is 0 Å². The highest BCUT2D eigenvalue weighted by Gasteiger charge is 2.20. The smallest absolute Gasteiger partial charge is 0.251 e. The first-order valence-electron chi connectivity index (χ1n) is 12.7. The van der Waals surface area contributed by atoms with E-state index in [1.54, 1.807) is 17.0 Å². The van der Waals surface area contributed by atoms with Crippen LogP contribution in [0.25, 0.3) is 11.4 Å². The molecule has 3 heterocycles. The Bertz CT molecular complexity index is 1260. The number of anilines is 3. The van der Waals surface area contributed by atoms with E-state index in [4.69, 9.17) is 9.47 Å². The Kier molecular flexibility index (Phi) is 8.21. The number of piperazine rings is 1. The normalized spacial score (nSPS) is 16.8. The van der Waals surface area contributed by atoms with Crippen LogP contribution in [-0.2, 0) is 4.74 Å². The summed E-state index contributed by atoms with van der Waals surface area (Å²) in [5.74, 6) is 1.37. The molecule has 0 spiro atoms. The lowest BCUT2D eigenvalue weighted by atomic mass is 10.1. The van der Waals surface area contributed by atoms with Crippen molar-refractivity contribution < 1.29 is 18.3 Å². The molecule has 0 aliphatic carbocycles. The first-order chi connectivity index (χ1) is 18.6. The van der Waals surface area contributed by atoms with Gasteiger partial charge in [-0.2, -0.15) is 10.2 Å². The highest BCUT2D eigenvalue weighted by atomic mass is 19.3. The number of alkyl halides is 2. The van der Waals surface area contributed by atoms with Crippen molar-refractivity contribution >= 4 is 17.3 Å². The van der Waals surface area contributed by atoms with Crippen molar-refractivity contribution in [1.82, 2.24) is 19.9 Å². The van der Waals surface area contributed by atoms with Gasteiger partial charge in [0.25, 0.3) is 6.43 Å². The van der Waals surface area contributed by atoms with Crippen LogP contribution in [0.4, 0.5) is 26.1 Å². The third-order valence-corrected chi connectivity index (χ3v) is 6.65. The van der Waals surface area contributed by atoms with Crippen molar-refractivity contribution in [2.24, 2.45) is 0 Å². The predicted octanol–water partition coefficient (Wildman–Crippen LogP) is 4.10. The fraction of sp³-hybridized carbons (Fsp3) is 0.407. The fourth-order valence-electron chi connectivity index (χ4n) is 4.60. The Morgan fingerprint density at radius 3 is 2.53 bits per heavy atom. The molecule has 5 rings (SSSR count). The van der Waals surface area contributed by atoms with Crippen LogP contribution in [0.3, 0.4) is 0 Å². The maximum absolute atomic E-state index is 12.6. The number of benzene rings is 2. The number of hydrogen-bond donors (Lipinski definition) is 1. The Morgan fingerprint density at radius 1 is 1.05 bits per heavy atom. The first kappa shape index (κ1) is 25.8. The molecule has 0 saturated carbocycles. The van der Waals surface area contributed by atoms with Crippen LogP contribution in [0.5, 0.6) is 5.75 Å². The molecule has 2 saturated heterocycles. The number of aromatic nitrogens is 3. The lowest BCUT2D eigenvalue weighted by Crippen LogP contribution is -2.47. The summed E-state index contributed by atoms with van der Waals surface area (Å²) in [5.41, 5.74) is 2.96. The topological polar surface area (TPSA) is 99.4 Å². The van der Waals surface area contributed by atoms with Crippen molar-refractivity contribution in [1.29, 1.82) is 5.26 Å². The number of hydrogen-bond acceptors (Lipinski definition) is 9. The minimum atomic E-state index is -2.30. The number of halogens is 2. The van der Waals surface area contributed by atoms with Crippen LogP contribution in [0.1, 0.15) is 18.4 Å². The van der Waals surface area contributed by atoms with E-state index in [-0.39, 0.29) is 12.6 Å². The van der Waals surface area contributed by atoms with E-state index >= 15 is 0 Å². The van der Waals surface area contributed by atoms with Gasteiger partial charge in [-0.3, -0.25) is 4.90 Å². The van der Waals surface area contributed by atoms with Crippen LogP contribution in [-0.4, -0.2) is 78.3 Å². The molecule has 0 amide bonds. The zero-order chi connectivity index (χ0) is 26.3. The zero-order valence-electron chi connectivity index (χ0n) is 20.9. The van der Waals surface area contributed by atoms with Crippen LogP contribution in [0.15, 0.2) is 48.8 Å². The van der Waals surface area contributed by atoms with Crippen molar-refractivity contribution in [2.45, 2.75) is 25.4 Å². The first-order valence-corrected chi connectivity index (χ1v) is 12.7. The summed E-state index contributed by atoms with van der Waals surface area (Å²) in [6.45, 7) is 3.81. The monoisotopic (exact) mass is 521 g/mol. The molecule has 2 aromatic carbocycles. The van der Waals surface area contributed by atoms with Crippen LogP contribution >= 0.6 is 0 Å². The van der Waals surface area contributed by atoms with Gasteiger partial charge in [-0.1, -0.05) is 0 Å². The van der Waals surface area contributed by atoms with E-state index in [2.05, 4.69) is 31.2 Å². The van der Waals surface area contributed by atoms with Gasteiger partial charge in [0.1, 0.15) is 24.3 Å². The molecule has 0 bridgehead atoms. The van der Waals surface area contributed by atoms with Gasteiger partial charge in [-0.15, -0.1) is 0 Å². The van der Waals surface area contributed by atoms with Crippen molar-refractivity contribution in [3.8, 4) is 23.2 Å². The number of nitrogens with zero attached hydrogens (tertiary/aromatic N) is 6. The molecule has 0 radical (unpaired) electrons. The molecule has 2 fully saturated rings. The third kappa shape index (κ3) is 6.51. The molecule has 1 aromatic heterocycles. The van der Waals surface area contributed by atoms with Crippen LogP contribution in [0, 0.1) is 11.3 Å². The van der Waals surface area contributed by atoms with Gasteiger partial charge in [0.05, 0.1) is 25.3 Å². The number of nitrogens with one attached hydrogen (secondary N) is 1. The summed E-state index contributed by atoms with van der Waals surface area (Å²) in [4.78, 5) is 17.0. The molecule has 0 atom stereocenters. The van der Waals surface area contributed by atoms with E-state index in [1.807, 2.05) is 30.3 Å². The molecule has 198 valence electrons. The van der Waals surface area contributed by atoms with Crippen molar-refractivity contribution in [3.63, 3.8) is 0 Å². The van der Waals surface area contributed by atoms with Gasteiger partial charge in [0.2, 0.25) is 5.95 Å². The fourth-order valence-corrected chi connectivity index (χ4v) is 4.60. The molecular formula is C27H29F2N7O2. The average Bonchev–Trinajstić information content (AvgIpc) is 2.94. The Hall–Kier alpha value is -3.88. The lowest BCUT2D eigenvalue weighted by molar-refractivity contribution is 0.0254. The molecule has 1 N–H and O–H groups in total. The predicted molar refractivity (Wildman–Crippen MR) is 139 cm³/mol. The van der Waals surface area contributed by atoms with Crippen LogP contribution in [0.2, 0.25) is 0 Å². The zero-order valence-corrected chi connectivity index (χ0v) is 20.9. The van der Waals surface area contributed by atoms with E-state index < -0.39 is 6.43 Å². The van der Waals surface area contributed by atoms with E-state index in [1.165, 1.54) is 6.33 Å². The minimum Gasteiger partial charge on any atom is -0.489 e. The molecular weight excluding hydrogens is 492 g/mol. The van der Waals surface area contributed by atoms with Gasteiger partial charge in [-0.25, -0.2) is 18.7 Å². The Labute approximate surface area is 220 Å². The maximum atomic E-state index is 12.6. The van der Waals surface area contributed by atoms with Gasteiger partial charge in [-0.05, 0) is 42.5 Å². The summed E-state index contributed by atoms with van der Waals surface area (Å²) < 4.78 is 36.6. The van der Waals surface area contributed by atoms with Crippen LogP contribution < -0.4 is 15.0 Å². The van der Waals surface area contributed by atoms with Crippen molar-refractivity contribution in [3.05, 3.63) is 54.4 Å². The second kappa shape index (κ2) is 12.1. The SMILES string of the molecule is N#Cc1cc(-c2ncnc(Nc3ccc(N4CCN(CC(F)F)CC4)cc3)n2)ccc1OC1CCOCC1. The molecule has 9 nitrogen and oxygen atoms in total. The van der Waals surface area contributed by atoms with Crippen molar-refractivity contribution in [2.75, 3.05) is 56.2 Å². The second-order valence-electron chi connectivity index (χ2n) is 9.24. The standard InChI is InChI=1S/C27H29F2N7O2/c28-25(29)17-35-9-11-36(12-10-35)22-4-2-21(3-5-22)33-27-32-18-31-26(34-27)19-1-6-24(20(15-19)16-30)38-23-7-13-37-14-8-23/h1-6,15,18,23,25H,7-14,17H2,(H,31,32,33,34). The van der Waals surface area contributed by atoms with E-state index in [0.717, 1.165) is 24.2 Å². The lowest BCUT2D eigenvalue weighted by Gasteiger charge is -2.35. The average molecular weight is 522 g/mol. The number of rotatable bonds is 8. The molecule has 3 aromatic rings. The Balaban J connectivity index is 1.22. The molecule has 2 aliphatic heterocycles. The highest BCUT2D eigenvalue weighted by Crippen LogP contribution is 2.28. The second-order valence-corrected chi connectivity index (χ2v) is 9.24. The summed E-state index contributed by atoms with van der Waals surface area (Å²) in [6.07, 6.45) is 0.765. The molecule has 0 unspecified atom stereocenters. The Morgan fingerprint density at radius 2 is 1.82 bits per heavy atom. The highest BCUT2D eigenvalue weighted by molar-refractivity contribution is 5.64. The summed E-state index contributed by atoms with van der Waals surface area (Å²) in [6, 6.07) is 15.4. The largest absolute Gasteiger partial charge is 0.489 e. The quantitative estimate of drug-likeness (QED) is 0.470. The molecule has 38 heavy (non-hydrogen) atoms. The number of ether oxygens (including phenoxy) is 2. The number of nitriles is 1. The molecule has 2 aliphatic rings. The molecule has 11 heteroatoms. The van der Waals surface area contributed by atoms with Gasteiger partial charge < -0.3 is 19.7 Å². The third-order valence-electron chi connectivity index (χ3n) is 6.65. The van der Waals surface area contributed by atoms with E-state index in [0.29, 0.717) is 68.0 Å². The minimum absolute atomic E-state index is 0.0381.